The number of ether oxygens (including phenoxy) is 1. The van der Waals surface area contributed by atoms with Crippen molar-refractivity contribution in [3.63, 3.8) is 0 Å². The van der Waals surface area contributed by atoms with Gasteiger partial charge >= 0.3 is 0 Å². The maximum Gasteiger partial charge on any atom is 0.239 e. The first-order valence-corrected chi connectivity index (χ1v) is 10.00. The lowest BCUT2D eigenvalue weighted by Crippen LogP contribution is -2.46. The number of amides is 1. The summed E-state index contributed by atoms with van der Waals surface area (Å²) in [5.41, 5.74) is 1.28. The molecule has 28 heavy (non-hydrogen) atoms. The first-order chi connectivity index (χ1) is 13.1. The number of hydrogen-bond acceptors (Lipinski definition) is 3. The third-order valence-corrected chi connectivity index (χ3v) is 5.16. The normalized spacial score (nSPS) is 15.9. The fourth-order valence-electron chi connectivity index (χ4n) is 3.42. The van der Waals surface area contributed by atoms with Crippen molar-refractivity contribution >= 4 is 35.8 Å². The zero-order chi connectivity index (χ0) is 19.5. The van der Waals surface area contributed by atoms with Crippen LogP contribution in [0, 0.1) is 0 Å². The molecule has 1 fully saturated rings. The van der Waals surface area contributed by atoms with Crippen LogP contribution in [-0.2, 0) is 4.79 Å². The number of benzene rings is 1. The molecular formula is C21H35IN4O2. The van der Waals surface area contributed by atoms with Gasteiger partial charge in [-0.05, 0) is 42.9 Å². The Hall–Kier alpha value is -1.51. The van der Waals surface area contributed by atoms with Crippen LogP contribution < -0.4 is 20.7 Å². The standard InChI is InChI=1S/C21H34N4O2.HI/c1-16(17-9-11-19(27-3)12-10-17)13-14-23-21(22-2)24-15-20(26)25-18-7-5-4-6-8-18;/h9-12,16,18H,4-8,13-15H2,1-3H3,(H,25,26)(H2,22,23,24);1H. The van der Waals surface area contributed by atoms with Crippen molar-refractivity contribution in [1.82, 2.24) is 16.0 Å². The summed E-state index contributed by atoms with van der Waals surface area (Å²) in [6.45, 7) is 3.25. The number of aliphatic imine (C=N–C) groups is 1. The van der Waals surface area contributed by atoms with Gasteiger partial charge in [0.05, 0.1) is 13.7 Å². The topological polar surface area (TPSA) is 74.8 Å². The number of carbonyl (C=O) groups is 1. The molecule has 1 aromatic carbocycles. The smallest absolute Gasteiger partial charge is 0.239 e. The Labute approximate surface area is 186 Å². The molecule has 158 valence electrons. The molecular weight excluding hydrogens is 467 g/mol. The number of nitrogens with one attached hydrogen (secondary N) is 3. The van der Waals surface area contributed by atoms with E-state index in [1.807, 2.05) is 12.1 Å². The lowest BCUT2D eigenvalue weighted by atomic mass is 9.95. The van der Waals surface area contributed by atoms with Crippen LogP contribution in [0.4, 0.5) is 0 Å². The number of methoxy groups -OCH3 is 1. The van der Waals surface area contributed by atoms with Gasteiger partial charge in [-0.25, -0.2) is 0 Å². The molecule has 0 spiro atoms. The van der Waals surface area contributed by atoms with E-state index in [4.69, 9.17) is 4.74 Å². The zero-order valence-corrected chi connectivity index (χ0v) is 19.6. The molecule has 0 heterocycles. The van der Waals surface area contributed by atoms with Crippen molar-refractivity contribution in [1.29, 1.82) is 0 Å². The van der Waals surface area contributed by atoms with Crippen molar-refractivity contribution in [2.24, 2.45) is 4.99 Å². The highest BCUT2D eigenvalue weighted by molar-refractivity contribution is 14.0. The van der Waals surface area contributed by atoms with Gasteiger partial charge in [0.1, 0.15) is 5.75 Å². The van der Waals surface area contributed by atoms with E-state index in [2.05, 4.69) is 40.0 Å². The summed E-state index contributed by atoms with van der Waals surface area (Å²) in [4.78, 5) is 16.3. The molecule has 1 aromatic rings. The maximum absolute atomic E-state index is 12.1. The Balaban J connectivity index is 0.00000392. The van der Waals surface area contributed by atoms with Crippen LogP contribution in [-0.4, -0.2) is 45.2 Å². The van der Waals surface area contributed by atoms with E-state index < -0.39 is 0 Å². The summed E-state index contributed by atoms with van der Waals surface area (Å²) in [6.07, 6.45) is 6.89. The minimum Gasteiger partial charge on any atom is -0.497 e. The van der Waals surface area contributed by atoms with E-state index in [1.54, 1.807) is 14.2 Å². The summed E-state index contributed by atoms with van der Waals surface area (Å²) in [7, 11) is 3.40. The number of guanidine groups is 1. The molecule has 0 bridgehead atoms. The first kappa shape index (κ1) is 24.5. The van der Waals surface area contributed by atoms with Crippen LogP contribution >= 0.6 is 24.0 Å². The molecule has 7 heteroatoms. The van der Waals surface area contributed by atoms with Crippen LogP contribution in [0.25, 0.3) is 0 Å². The molecule has 0 aliphatic heterocycles. The van der Waals surface area contributed by atoms with Gasteiger partial charge in [0, 0.05) is 19.6 Å². The Kier molecular flexibility index (Phi) is 11.9. The Bertz CT molecular complexity index is 601. The summed E-state index contributed by atoms with van der Waals surface area (Å²) in [6, 6.07) is 8.53. The molecule has 0 aromatic heterocycles. The molecule has 1 atom stereocenters. The van der Waals surface area contributed by atoms with E-state index in [9.17, 15) is 4.79 Å². The Morgan fingerprint density at radius 3 is 2.46 bits per heavy atom. The third-order valence-electron chi connectivity index (χ3n) is 5.16. The van der Waals surface area contributed by atoms with E-state index in [0.717, 1.165) is 31.6 Å². The zero-order valence-electron chi connectivity index (χ0n) is 17.3. The predicted octanol–water partition coefficient (Wildman–Crippen LogP) is 3.42. The van der Waals surface area contributed by atoms with Crippen LogP contribution in [0.1, 0.15) is 56.9 Å². The van der Waals surface area contributed by atoms with E-state index in [1.165, 1.54) is 24.8 Å². The molecule has 2 rings (SSSR count). The average molecular weight is 502 g/mol. The van der Waals surface area contributed by atoms with E-state index in [-0.39, 0.29) is 36.4 Å². The van der Waals surface area contributed by atoms with Gasteiger partial charge in [-0.2, -0.15) is 0 Å². The van der Waals surface area contributed by atoms with Crippen molar-refractivity contribution < 1.29 is 9.53 Å². The highest BCUT2D eigenvalue weighted by atomic mass is 127. The predicted molar refractivity (Wildman–Crippen MR) is 126 cm³/mol. The second kappa shape index (κ2) is 13.6. The van der Waals surface area contributed by atoms with Crippen molar-refractivity contribution in [2.75, 3.05) is 27.2 Å². The number of carbonyl (C=O) groups excluding carboxylic acids is 1. The summed E-state index contributed by atoms with van der Waals surface area (Å²) < 4.78 is 5.20. The third kappa shape index (κ3) is 8.67. The van der Waals surface area contributed by atoms with Gasteiger partial charge in [-0.3, -0.25) is 9.79 Å². The SMILES string of the molecule is CN=C(NCCC(C)c1ccc(OC)cc1)NCC(=O)NC1CCCCC1.I. The Morgan fingerprint density at radius 1 is 1.18 bits per heavy atom. The number of hydrogen-bond donors (Lipinski definition) is 3. The molecule has 3 N–H and O–H groups in total. The number of halogens is 1. The second-order valence-electron chi connectivity index (χ2n) is 7.22. The van der Waals surface area contributed by atoms with Crippen molar-refractivity contribution in [2.45, 2.75) is 57.4 Å². The highest BCUT2D eigenvalue weighted by Crippen LogP contribution is 2.21. The monoisotopic (exact) mass is 502 g/mol. The van der Waals surface area contributed by atoms with Crippen molar-refractivity contribution in [3.05, 3.63) is 29.8 Å². The van der Waals surface area contributed by atoms with Crippen LogP contribution in [0.2, 0.25) is 0 Å². The lowest BCUT2D eigenvalue weighted by molar-refractivity contribution is -0.120. The average Bonchev–Trinajstić information content (AvgIpc) is 2.71. The highest BCUT2D eigenvalue weighted by Gasteiger charge is 2.15. The van der Waals surface area contributed by atoms with E-state index in [0.29, 0.717) is 17.9 Å². The quantitative estimate of drug-likeness (QED) is 0.290. The summed E-state index contributed by atoms with van der Waals surface area (Å²) in [5.74, 6) is 2.00. The van der Waals surface area contributed by atoms with Gasteiger partial charge in [-0.15, -0.1) is 24.0 Å². The van der Waals surface area contributed by atoms with Crippen LogP contribution in [0.5, 0.6) is 5.75 Å². The molecule has 0 saturated heterocycles. The van der Waals surface area contributed by atoms with Crippen molar-refractivity contribution in [3.8, 4) is 5.75 Å². The largest absolute Gasteiger partial charge is 0.497 e. The fourth-order valence-corrected chi connectivity index (χ4v) is 3.42. The minimum absolute atomic E-state index is 0. The van der Waals surface area contributed by atoms with Crippen LogP contribution in [0.3, 0.4) is 0 Å². The van der Waals surface area contributed by atoms with E-state index >= 15 is 0 Å². The van der Waals surface area contributed by atoms with Gasteiger partial charge < -0.3 is 20.7 Å². The van der Waals surface area contributed by atoms with Gasteiger partial charge in [0.25, 0.3) is 0 Å². The number of nitrogens with zero attached hydrogens (tertiary/aromatic N) is 1. The molecule has 6 nitrogen and oxygen atoms in total. The Morgan fingerprint density at radius 2 is 1.86 bits per heavy atom. The van der Waals surface area contributed by atoms with Gasteiger partial charge in [0.15, 0.2) is 5.96 Å². The molecule has 0 radical (unpaired) electrons. The molecule has 1 aliphatic carbocycles. The summed E-state index contributed by atoms with van der Waals surface area (Å²) >= 11 is 0. The van der Waals surface area contributed by atoms with Gasteiger partial charge in [-0.1, -0.05) is 38.3 Å². The molecule has 1 saturated carbocycles. The molecule has 1 unspecified atom stereocenters. The first-order valence-electron chi connectivity index (χ1n) is 10.00. The minimum atomic E-state index is 0. The lowest BCUT2D eigenvalue weighted by Gasteiger charge is -2.23. The number of rotatable bonds is 8. The molecule has 1 aliphatic rings. The van der Waals surface area contributed by atoms with Gasteiger partial charge in [0.2, 0.25) is 5.91 Å². The maximum atomic E-state index is 12.1. The van der Waals surface area contributed by atoms with Crippen LogP contribution in [0.15, 0.2) is 29.3 Å². The summed E-state index contributed by atoms with van der Waals surface area (Å²) in [5, 5.41) is 9.49. The fraction of sp³-hybridized carbons (Fsp3) is 0.619. The second-order valence-corrected chi connectivity index (χ2v) is 7.22. The molecule has 1 amide bonds.